The van der Waals surface area contributed by atoms with Gasteiger partial charge in [0, 0.05) is 43.4 Å². The molecule has 4 heteroatoms. The third-order valence-corrected chi connectivity index (χ3v) is 11.0. The normalized spacial score (nSPS) is 12.2. The lowest BCUT2D eigenvalue weighted by molar-refractivity contribution is 0.997. The number of para-hydroxylation sites is 3. The first-order valence-corrected chi connectivity index (χ1v) is 17.8. The monoisotopic (exact) mass is 660 g/mol. The fourth-order valence-corrected chi connectivity index (χ4v) is 8.93. The Morgan fingerprint density at radius 2 is 0.942 bits per heavy atom. The molecule has 4 aromatic heterocycles. The molecular weight excluding hydrogens is 633 g/mol. The molecule has 0 amide bonds. The van der Waals surface area contributed by atoms with Crippen LogP contribution >= 0.6 is 0 Å². The summed E-state index contributed by atoms with van der Waals surface area (Å²) >= 11 is 0. The lowest BCUT2D eigenvalue weighted by Crippen LogP contribution is -2.05. The zero-order valence-electron chi connectivity index (χ0n) is 28.0. The van der Waals surface area contributed by atoms with Gasteiger partial charge in [0.05, 0.1) is 39.0 Å². The number of benzene rings is 8. The van der Waals surface area contributed by atoms with Crippen LogP contribution in [0, 0.1) is 0 Å². The Kier molecular flexibility index (Phi) is 5.47. The van der Waals surface area contributed by atoms with Crippen molar-refractivity contribution < 1.29 is 0 Å². The van der Waals surface area contributed by atoms with E-state index in [1.807, 2.05) is 0 Å². The molecule has 8 aromatic carbocycles. The summed E-state index contributed by atoms with van der Waals surface area (Å²) in [6.45, 7) is 0. The minimum absolute atomic E-state index is 0.650. The van der Waals surface area contributed by atoms with E-state index in [0.717, 1.165) is 33.5 Å². The van der Waals surface area contributed by atoms with Crippen LogP contribution in [0.2, 0.25) is 0 Å². The highest BCUT2D eigenvalue weighted by molar-refractivity contribution is 6.38. The second-order valence-electron chi connectivity index (χ2n) is 13.7. The van der Waals surface area contributed by atoms with Crippen LogP contribution < -0.4 is 0 Å². The molecule has 12 aromatic rings. The lowest BCUT2D eigenvalue weighted by Gasteiger charge is -2.14. The second kappa shape index (κ2) is 10.3. The Hall–Kier alpha value is -7.04. The van der Waals surface area contributed by atoms with Gasteiger partial charge < -0.3 is 4.40 Å². The minimum atomic E-state index is 0.650. The van der Waals surface area contributed by atoms with Crippen LogP contribution in [0.1, 0.15) is 0 Å². The average Bonchev–Trinajstić information content (AvgIpc) is 3.87. The zero-order chi connectivity index (χ0) is 33.9. The number of rotatable bonds is 3. The topological polar surface area (TPSA) is 35.1 Å². The van der Waals surface area contributed by atoms with Crippen molar-refractivity contribution in [3.8, 4) is 28.5 Å². The molecular formula is C48H28N4. The van der Waals surface area contributed by atoms with Crippen molar-refractivity contribution in [3.63, 3.8) is 0 Å². The Morgan fingerprint density at radius 3 is 1.77 bits per heavy atom. The van der Waals surface area contributed by atoms with Crippen LogP contribution in [0.5, 0.6) is 0 Å². The maximum Gasteiger partial charge on any atom is 0.235 e. The first kappa shape index (κ1) is 27.7. The van der Waals surface area contributed by atoms with Gasteiger partial charge in [-0.2, -0.15) is 0 Å². The Bertz CT molecular complexity index is 3400. The second-order valence-corrected chi connectivity index (χ2v) is 13.7. The molecule has 0 aliphatic rings. The molecule has 12 rings (SSSR count). The minimum Gasteiger partial charge on any atom is -0.306 e. The van der Waals surface area contributed by atoms with Crippen LogP contribution in [-0.4, -0.2) is 18.9 Å². The van der Waals surface area contributed by atoms with Gasteiger partial charge in [0.2, 0.25) is 5.95 Å². The van der Waals surface area contributed by atoms with Crippen molar-refractivity contribution in [3.05, 3.63) is 170 Å². The van der Waals surface area contributed by atoms with Gasteiger partial charge in [-0.1, -0.05) is 152 Å². The number of hydrogen-bond donors (Lipinski definition) is 0. The predicted molar refractivity (Wildman–Crippen MR) is 217 cm³/mol. The third kappa shape index (κ3) is 3.60. The lowest BCUT2D eigenvalue weighted by atomic mass is 9.98. The summed E-state index contributed by atoms with van der Waals surface area (Å²) in [5, 5.41) is 12.3. The number of aromatic nitrogens is 4. The van der Waals surface area contributed by atoms with E-state index in [2.05, 4.69) is 179 Å². The van der Waals surface area contributed by atoms with Crippen molar-refractivity contribution in [1.29, 1.82) is 0 Å². The summed E-state index contributed by atoms with van der Waals surface area (Å²) in [6.07, 6.45) is 0. The molecule has 0 saturated carbocycles. The fourth-order valence-electron chi connectivity index (χ4n) is 8.93. The van der Waals surface area contributed by atoms with Crippen molar-refractivity contribution in [2.45, 2.75) is 0 Å². The Morgan fingerprint density at radius 1 is 0.365 bits per heavy atom. The first-order valence-electron chi connectivity index (χ1n) is 17.8. The molecule has 240 valence electrons. The molecule has 0 unspecified atom stereocenters. The molecule has 52 heavy (non-hydrogen) atoms. The van der Waals surface area contributed by atoms with E-state index in [1.165, 1.54) is 70.4 Å². The summed E-state index contributed by atoms with van der Waals surface area (Å²) in [7, 11) is 0. The third-order valence-electron chi connectivity index (χ3n) is 11.0. The largest absolute Gasteiger partial charge is 0.306 e. The molecule has 4 nitrogen and oxygen atoms in total. The Labute approximate surface area is 297 Å². The molecule has 0 saturated heterocycles. The predicted octanol–water partition coefficient (Wildman–Crippen LogP) is 12.4. The van der Waals surface area contributed by atoms with Crippen molar-refractivity contribution in [2.75, 3.05) is 0 Å². The fraction of sp³-hybridized carbons (Fsp3) is 0. The number of hydrogen-bond acceptors (Lipinski definition) is 2. The molecule has 0 fully saturated rings. The van der Waals surface area contributed by atoms with Crippen LogP contribution in [0.15, 0.2) is 170 Å². The van der Waals surface area contributed by atoms with Gasteiger partial charge in [-0.15, -0.1) is 0 Å². The summed E-state index contributed by atoms with van der Waals surface area (Å²) in [4.78, 5) is 11.0. The Balaban J connectivity index is 1.33. The van der Waals surface area contributed by atoms with E-state index in [4.69, 9.17) is 9.97 Å². The molecule has 0 aliphatic carbocycles. The van der Waals surface area contributed by atoms with Crippen molar-refractivity contribution in [1.82, 2.24) is 18.9 Å². The van der Waals surface area contributed by atoms with Gasteiger partial charge in [0.25, 0.3) is 0 Å². The molecule has 0 spiro atoms. The van der Waals surface area contributed by atoms with Gasteiger partial charge in [-0.3, -0.25) is 4.57 Å². The maximum absolute atomic E-state index is 5.52. The highest BCUT2D eigenvalue weighted by Crippen LogP contribution is 2.48. The van der Waals surface area contributed by atoms with E-state index < -0.39 is 0 Å². The number of fused-ring (bicyclic) bond motifs is 14. The van der Waals surface area contributed by atoms with Crippen LogP contribution in [-0.2, 0) is 0 Å². The van der Waals surface area contributed by atoms with Crippen molar-refractivity contribution >= 4 is 81.4 Å². The molecule has 0 radical (unpaired) electrons. The average molecular weight is 661 g/mol. The van der Waals surface area contributed by atoms with E-state index in [1.54, 1.807) is 0 Å². The molecule has 4 heterocycles. The van der Waals surface area contributed by atoms with E-state index in [-0.39, 0.29) is 0 Å². The van der Waals surface area contributed by atoms with Gasteiger partial charge in [0.1, 0.15) is 0 Å². The molecule has 0 bridgehead atoms. The van der Waals surface area contributed by atoms with Crippen LogP contribution in [0.25, 0.3) is 110 Å². The summed E-state index contributed by atoms with van der Waals surface area (Å²) in [6, 6.07) is 60.9. The summed E-state index contributed by atoms with van der Waals surface area (Å²) in [5.41, 5.74) is 9.73. The molecule has 0 atom stereocenters. The maximum atomic E-state index is 5.52. The highest BCUT2D eigenvalue weighted by atomic mass is 15.2. The van der Waals surface area contributed by atoms with E-state index in [0.29, 0.717) is 5.95 Å². The van der Waals surface area contributed by atoms with Crippen LogP contribution in [0.4, 0.5) is 0 Å². The SMILES string of the molecule is c1ccc(-c2cc(-c3cccc4ccccc34)nc(-n3c4ccccc4c4c5ccccc5c5c6cccc7c8ccccc8n(c76)c5c43)n2)cc1. The first-order chi connectivity index (χ1) is 25.8. The highest BCUT2D eigenvalue weighted by Gasteiger charge is 2.27. The summed E-state index contributed by atoms with van der Waals surface area (Å²) < 4.78 is 4.84. The summed E-state index contributed by atoms with van der Waals surface area (Å²) in [5.74, 6) is 0.650. The van der Waals surface area contributed by atoms with E-state index in [9.17, 15) is 0 Å². The number of nitrogens with zero attached hydrogens (tertiary/aromatic N) is 4. The van der Waals surface area contributed by atoms with Crippen LogP contribution in [0.3, 0.4) is 0 Å². The molecule has 0 aliphatic heterocycles. The van der Waals surface area contributed by atoms with Crippen molar-refractivity contribution in [2.24, 2.45) is 0 Å². The standard InChI is InChI=1S/C48H28N4/c1-2-15-30(16-3-1)39-28-40(32-23-12-17-29-14-4-5-18-31(29)32)50-48(49-39)52-42-27-11-9-22-37(42)43-34-20-6-7-21-35(34)44-38-25-13-24-36-33-19-8-10-26-41(33)51(45(36)38)46(44)47(43)52/h1-28H. The zero-order valence-corrected chi connectivity index (χ0v) is 28.0. The molecule has 0 N–H and O–H groups in total. The van der Waals surface area contributed by atoms with E-state index >= 15 is 0 Å². The van der Waals surface area contributed by atoms with Gasteiger partial charge in [0.15, 0.2) is 0 Å². The smallest absolute Gasteiger partial charge is 0.235 e. The quantitative estimate of drug-likeness (QED) is 0.189. The van der Waals surface area contributed by atoms with Gasteiger partial charge >= 0.3 is 0 Å². The van der Waals surface area contributed by atoms with Gasteiger partial charge in [-0.25, -0.2) is 9.97 Å². The van der Waals surface area contributed by atoms with Gasteiger partial charge in [-0.05, 0) is 39.7 Å².